The summed E-state index contributed by atoms with van der Waals surface area (Å²) >= 11 is 0. The van der Waals surface area contributed by atoms with Crippen molar-refractivity contribution in [3.8, 4) is 0 Å². The van der Waals surface area contributed by atoms with Gasteiger partial charge in [0.05, 0.1) is 6.61 Å². The van der Waals surface area contributed by atoms with E-state index in [-0.39, 0.29) is 10.8 Å². The maximum atomic E-state index is 11.3. The fourth-order valence-corrected chi connectivity index (χ4v) is 10.4. The van der Waals surface area contributed by atoms with Crippen LogP contribution in [0.4, 0.5) is 0 Å². The van der Waals surface area contributed by atoms with Crippen molar-refractivity contribution < 1.29 is 19.7 Å². The van der Waals surface area contributed by atoms with Gasteiger partial charge in [-0.25, -0.2) is 4.79 Å². The molecule has 6 rings (SSSR count). The molecule has 0 aromatic rings. The third kappa shape index (κ3) is 3.00. The fraction of sp³-hybridized carbons (Fsp3) is 0.833. The molecule has 2 aliphatic heterocycles. The number of fused-ring (bicyclic) bond motifs is 5. The van der Waals surface area contributed by atoms with E-state index in [1.165, 1.54) is 44.1 Å². The van der Waals surface area contributed by atoms with E-state index in [0.717, 1.165) is 32.3 Å². The Kier molecular flexibility index (Phi) is 5.55. The predicted molar refractivity (Wildman–Crippen MR) is 134 cm³/mol. The lowest BCUT2D eigenvalue weighted by atomic mass is 9.34. The highest BCUT2D eigenvalue weighted by atomic mass is 16.6. The summed E-state index contributed by atoms with van der Waals surface area (Å²) in [6, 6.07) is 0. The van der Waals surface area contributed by atoms with E-state index >= 15 is 0 Å². The summed E-state index contributed by atoms with van der Waals surface area (Å²) in [5, 5.41) is 20.5. The maximum Gasteiger partial charge on any atom is 0.330 e. The lowest BCUT2D eigenvalue weighted by Gasteiger charge is -2.74. The summed E-state index contributed by atoms with van der Waals surface area (Å²) in [4.78, 5) is 11.1. The van der Waals surface area contributed by atoms with Crippen molar-refractivity contribution in [2.75, 3.05) is 6.61 Å². The molecule has 2 bridgehead atoms. The molecule has 6 aliphatic rings. The number of carboxylic acids is 1. The van der Waals surface area contributed by atoms with Crippen LogP contribution >= 0.6 is 0 Å². The van der Waals surface area contributed by atoms with E-state index in [4.69, 9.17) is 9.84 Å². The standard InChI is InChI=1S/C30H46O4/c1-19(8-7-9-20(2)25(31)32)21-12-14-27(5)22(21)10-11-24-28(27,6)15-13-23-26(3,4)30(33)17-16-29(23,24)18-34-30/h9,21-24,33H,1,7-8,10-18H2,2-6H3,(H,31,32)/b20-9-/t21-,22-,23+,24+,27+,28+,29-,30-/m1/s1. The average molecular weight is 471 g/mol. The Morgan fingerprint density at radius 1 is 1.00 bits per heavy atom. The predicted octanol–water partition coefficient (Wildman–Crippen LogP) is 6.74. The Balaban J connectivity index is 1.38. The summed E-state index contributed by atoms with van der Waals surface area (Å²) in [7, 11) is 0. The van der Waals surface area contributed by atoms with Crippen LogP contribution < -0.4 is 0 Å². The quantitative estimate of drug-likeness (QED) is 0.345. The number of ether oxygens (including phenoxy) is 1. The molecule has 1 spiro atoms. The minimum absolute atomic E-state index is 0.184. The fourth-order valence-electron chi connectivity index (χ4n) is 10.4. The smallest absolute Gasteiger partial charge is 0.330 e. The van der Waals surface area contributed by atoms with Crippen LogP contribution in [0, 0.1) is 45.3 Å². The van der Waals surface area contributed by atoms with E-state index < -0.39 is 11.8 Å². The molecule has 34 heavy (non-hydrogen) atoms. The van der Waals surface area contributed by atoms with Crippen molar-refractivity contribution in [2.45, 2.75) is 105 Å². The van der Waals surface area contributed by atoms with Gasteiger partial charge in [-0.15, -0.1) is 0 Å². The lowest BCUT2D eigenvalue weighted by Crippen LogP contribution is -2.73. The molecule has 4 aliphatic carbocycles. The Hall–Kier alpha value is -1.13. The first-order valence-electron chi connectivity index (χ1n) is 13.8. The molecule has 4 nitrogen and oxygen atoms in total. The number of rotatable bonds is 5. The molecule has 0 radical (unpaired) electrons. The van der Waals surface area contributed by atoms with Gasteiger partial charge >= 0.3 is 5.97 Å². The minimum Gasteiger partial charge on any atom is -0.478 e. The molecule has 4 heteroatoms. The normalized spacial score (nSPS) is 49.2. The Bertz CT molecular complexity index is 907. The van der Waals surface area contributed by atoms with E-state index in [2.05, 4.69) is 34.3 Å². The second kappa shape index (κ2) is 7.68. The van der Waals surface area contributed by atoms with Crippen LogP contribution in [0.5, 0.6) is 0 Å². The highest BCUT2D eigenvalue weighted by Crippen LogP contribution is 2.77. The van der Waals surface area contributed by atoms with E-state index in [1.54, 1.807) is 6.92 Å². The third-order valence-electron chi connectivity index (χ3n) is 12.6. The van der Waals surface area contributed by atoms with Crippen LogP contribution in [-0.2, 0) is 9.53 Å². The maximum absolute atomic E-state index is 11.3. The third-order valence-corrected chi connectivity index (χ3v) is 12.6. The molecule has 0 aromatic heterocycles. The summed E-state index contributed by atoms with van der Waals surface area (Å²) in [6.07, 6.45) is 12.9. The summed E-state index contributed by atoms with van der Waals surface area (Å²) in [6.45, 7) is 16.7. The van der Waals surface area contributed by atoms with Gasteiger partial charge in [-0.2, -0.15) is 0 Å². The van der Waals surface area contributed by atoms with Crippen LogP contribution in [0.15, 0.2) is 23.8 Å². The van der Waals surface area contributed by atoms with Gasteiger partial charge < -0.3 is 14.9 Å². The van der Waals surface area contributed by atoms with E-state index in [9.17, 15) is 9.90 Å². The molecule has 190 valence electrons. The van der Waals surface area contributed by atoms with Crippen LogP contribution in [-0.4, -0.2) is 28.6 Å². The number of allylic oxidation sites excluding steroid dienone is 2. The first kappa shape index (κ1) is 24.6. The number of aliphatic hydroxyl groups is 1. The minimum atomic E-state index is -0.947. The zero-order valence-electron chi connectivity index (χ0n) is 22.1. The van der Waals surface area contributed by atoms with Crippen molar-refractivity contribution in [2.24, 2.45) is 45.3 Å². The molecule has 8 atom stereocenters. The van der Waals surface area contributed by atoms with Gasteiger partial charge in [0.1, 0.15) is 0 Å². The van der Waals surface area contributed by atoms with Crippen molar-refractivity contribution in [1.29, 1.82) is 0 Å². The molecule has 2 heterocycles. The first-order chi connectivity index (χ1) is 15.8. The number of carboxylic acid groups (broad SMARTS) is 1. The van der Waals surface area contributed by atoms with E-state index in [1.807, 2.05) is 6.08 Å². The van der Waals surface area contributed by atoms with Gasteiger partial charge in [0, 0.05) is 22.8 Å². The topological polar surface area (TPSA) is 66.8 Å². The van der Waals surface area contributed by atoms with Gasteiger partial charge in [-0.05, 0) is 99.2 Å². The molecule has 6 fully saturated rings. The van der Waals surface area contributed by atoms with Crippen LogP contribution in [0.2, 0.25) is 0 Å². The van der Waals surface area contributed by atoms with Crippen LogP contribution in [0.3, 0.4) is 0 Å². The molecular weight excluding hydrogens is 424 g/mol. The zero-order valence-corrected chi connectivity index (χ0v) is 22.1. The second-order valence-corrected chi connectivity index (χ2v) is 13.7. The molecule has 0 aromatic carbocycles. The summed E-state index contributed by atoms with van der Waals surface area (Å²) in [5.74, 6) is 0.678. The Morgan fingerprint density at radius 3 is 2.35 bits per heavy atom. The monoisotopic (exact) mass is 470 g/mol. The van der Waals surface area contributed by atoms with Gasteiger partial charge in [-0.3, -0.25) is 0 Å². The van der Waals surface area contributed by atoms with Crippen molar-refractivity contribution in [1.82, 2.24) is 0 Å². The second-order valence-electron chi connectivity index (χ2n) is 13.7. The Morgan fingerprint density at radius 2 is 1.71 bits per heavy atom. The number of aliphatic carboxylic acids is 1. The van der Waals surface area contributed by atoms with Gasteiger partial charge in [0.15, 0.2) is 5.79 Å². The molecule has 2 saturated heterocycles. The number of carbonyl (C=O) groups is 1. The molecular formula is C30H46O4. The van der Waals surface area contributed by atoms with Crippen molar-refractivity contribution in [3.05, 3.63) is 23.8 Å². The lowest BCUT2D eigenvalue weighted by molar-refractivity contribution is -0.398. The first-order valence-corrected chi connectivity index (χ1v) is 13.8. The average Bonchev–Trinajstić information content (AvgIpc) is 3.13. The van der Waals surface area contributed by atoms with Crippen LogP contribution in [0.1, 0.15) is 98.8 Å². The Labute approximate surface area is 206 Å². The summed E-state index contributed by atoms with van der Waals surface area (Å²) < 4.78 is 6.31. The highest BCUT2D eigenvalue weighted by Gasteiger charge is 2.74. The molecule has 4 saturated carbocycles. The van der Waals surface area contributed by atoms with Crippen molar-refractivity contribution >= 4 is 5.97 Å². The highest BCUT2D eigenvalue weighted by molar-refractivity contribution is 5.85. The zero-order chi connectivity index (χ0) is 24.7. The molecule has 2 N–H and O–H groups in total. The SMILES string of the molecule is C=C(CC/C=C(/C)C(=O)O)[C@H]1CC[C@@]2(C)[C@@H]1CC[C@@H]1[C@]34CC[C@@](O)(OC3)C(C)(C)[C@@H]4CC[C@@]12C. The van der Waals surface area contributed by atoms with Gasteiger partial charge in [0.2, 0.25) is 0 Å². The number of hydrogen-bond acceptors (Lipinski definition) is 3. The molecule has 0 unspecified atom stereocenters. The largest absolute Gasteiger partial charge is 0.478 e. The van der Waals surface area contributed by atoms with Crippen LogP contribution in [0.25, 0.3) is 0 Å². The molecule has 0 amide bonds. The van der Waals surface area contributed by atoms with Gasteiger partial charge in [0.25, 0.3) is 0 Å². The van der Waals surface area contributed by atoms with Gasteiger partial charge in [-0.1, -0.05) is 45.9 Å². The van der Waals surface area contributed by atoms with Crippen molar-refractivity contribution in [3.63, 3.8) is 0 Å². The van der Waals surface area contributed by atoms with E-state index in [0.29, 0.717) is 40.1 Å². The number of hydrogen-bond donors (Lipinski definition) is 2. The summed E-state index contributed by atoms with van der Waals surface area (Å²) in [5.41, 5.74) is 2.41.